The molecule has 0 radical (unpaired) electrons. The molecule has 0 aromatic heterocycles. The minimum atomic E-state index is -0.724. The van der Waals surface area contributed by atoms with Crippen molar-refractivity contribution >= 4 is 11.9 Å². The second-order valence-corrected chi connectivity index (χ2v) is 5.80. The highest BCUT2D eigenvalue weighted by atomic mass is 16.4. The van der Waals surface area contributed by atoms with Crippen molar-refractivity contribution in [1.29, 1.82) is 0 Å². The SMILES string of the molecule is O=C(CCC1CCCC1)N[C@@H]1CC[C@H](C(=O)O)C1. The van der Waals surface area contributed by atoms with E-state index in [1.165, 1.54) is 25.7 Å². The molecule has 0 saturated heterocycles. The standard InChI is InChI=1S/C14H23NO3/c16-13(8-5-10-3-1-2-4-10)15-12-7-6-11(9-12)14(17)18/h10-12H,1-9H2,(H,15,16)(H,17,18)/t11-,12+/m0/s1. The lowest BCUT2D eigenvalue weighted by molar-refractivity contribution is -0.141. The normalized spacial score (nSPS) is 28.4. The van der Waals surface area contributed by atoms with Crippen molar-refractivity contribution in [1.82, 2.24) is 5.32 Å². The van der Waals surface area contributed by atoms with E-state index in [9.17, 15) is 9.59 Å². The molecule has 2 N–H and O–H groups in total. The molecule has 0 aromatic rings. The molecule has 0 bridgehead atoms. The maximum Gasteiger partial charge on any atom is 0.306 e. The Bertz CT molecular complexity index is 310. The summed E-state index contributed by atoms with van der Waals surface area (Å²) in [5, 5.41) is 11.9. The van der Waals surface area contributed by atoms with E-state index in [1.807, 2.05) is 0 Å². The minimum absolute atomic E-state index is 0.0854. The fourth-order valence-electron chi connectivity index (χ4n) is 3.27. The summed E-state index contributed by atoms with van der Waals surface area (Å²) in [5.41, 5.74) is 0. The molecule has 2 saturated carbocycles. The number of carbonyl (C=O) groups is 2. The number of nitrogens with one attached hydrogen (secondary N) is 1. The average molecular weight is 253 g/mol. The van der Waals surface area contributed by atoms with E-state index < -0.39 is 5.97 Å². The maximum atomic E-state index is 11.8. The second kappa shape index (κ2) is 6.21. The Labute approximate surface area is 108 Å². The second-order valence-electron chi connectivity index (χ2n) is 5.80. The van der Waals surface area contributed by atoms with E-state index in [0.717, 1.165) is 18.8 Å². The average Bonchev–Trinajstić information content (AvgIpc) is 2.96. The van der Waals surface area contributed by atoms with Crippen molar-refractivity contribution in [3.63, 3.8) is 0 Å². The third-order valence-electron chi connectivity index (χ3n) is 4.40. The highest BCUT2D eigenvalue weighted by Crippen LogP contribution is 2.29. The molecule has 4 heteroatoms. The van der Waals surface area contributed by atoms with Crippen LogP contribution in [0.5, 0.6) is 0 Å². The largest absolute Gasteiger partial charge is 0.481 e. The van der Waals surface area contributed by atoms with E-state index in [0.29, 0.717) is 19.3 Å². The van der Waals surface area contributed by atoms with Crippen molar-refractivity contribution in [2.24, 2.45) is 11.8 Å². The zero-order valence-corrected chi connectivity index (χ0v) is 10.9. The van der Waals surface area contributed by atoms with Crippen LogP contribution in [0.25, 0.3) is 0 Å². The summed E-state index contributed by atoms with van der Waals surface area (Å²) < 4.78 is 0. The van der Waals surface area contributed by atoms with Gasteiger partial charge in [0.1, 0.15) is 0 Å². The molecule has 4 nitrogen and oxygen atoms in total. The first-order chi connectivity index (χ1) is 8.65. The topological polar surface area (TPSA) is 66.4 Å². The summed E-state index contributed by atoms with van der Waals surface area (Å²) in [6.07, 6.45) is 8.90. The Morgan fingerprint density at radius 3 is 2.44 bits per heavy atom. The molecule has 0 aliphatic heterocycles. The smallest absolute Gasteiger partial charge is 0.306 e. The van der Waals surface area contributed by atoms with Crippen LogP contribution in [0.1, 0.15) is 57.8 Å². The Balaban J connectivity index is 1.63. The predicted octanol–water partition coefficient (Wildman–Crippen LogP) is 2.33. The van der Waals surface area contributed by atoms with Gasteiger partial charge in [0.15, 0.2) is 0 Å². The van der Waals surface area contributed by atoms with Gasteiger partial charge in [-0.25, -0.2) is 0 Å². The summed E-state index contributed by atoms with van der Waals surface area (Å²) >= 11 is 0. The first-order valence-electron chi connectivity index (χ1n) is 7.17. The molecule has 2 atom stereocenters. The number of amides is 1. The lowest BCUT2D eigenvalue weighted by Gasteiger charge is -2.13. The molecule has 102 valence electrons. The number of hydrogen-bond donors (Lipinski definition) is 2. The molecule has 0 heterocycles. The molecule has 0 aromatic carbocycles. The Hall–Kier alpha value is -1.06. The van der Waals surface area contributed by atoms with Crippen LogP contribution in [-0.4, -0.2) is 23.0 Å². The molecule has 1 amide bonds. The van der Waals surface area contributed by atoms with Crippen LogP contribution >= 0.6 is 0 Å². The van der Waals surface area contributed by atoms with Crippen LogP contribution in [0.4, 0.5) is 0 Å². The van der Waals surface area contributed by atoms with Gasteiger partial charge in [-0.1, -0.05) is 25.7 Å². The van der Waals surface area contributed by atoms with Crippen molar-refractivity contribution in [2.75, 3.05) is 0 Å². The van der Waals surface area contributed by atoms with Gasteiger partial charge in [0, 0.05) is 12.5 Å². The Morgan fingerprint density at radius 2 is 1.83 bits per heavy atom. The monoisotopic (exact) mass is 253 g/mol. The predicted molar refractivity (Wildman–Crippen MR) is 68.1 cm³/mol. The number of hydrogen-bond acceptors (Lipinski definition) is 2. The summed E-state index contributed by atoms with van der Waals surface area (Å²) in [4.78, 5) is 22.6. The van der Waals surface area contributed by atoms with E-state index in [4.69, 9.17) is 5.11 Å². The summed E-state index contributed by atoms with van der Waals surface area (Å²) in [7, 11) is 0. The highest BCUT2D eigenvalue weighted by molar-refractivity contribution is 5.76. The first kappa shape index (κ1) is 13.4. The van der Waals surface area contributed by atoms with Gasteiger partial charge in [-0.15, -0.1) is 0 Å². The number of carbonyl (C=O) groups excluding carboxylic acids is 1. The lowest BCUT2D eigenvalue weighted by atomic mass is 10.0. The number of carboxylic acids is 1. The van der Waals surface area contributed by atoms with Crippen molar-refractivity contribution in [3.8, 4) is 0 Å². The first-order valence-corrected chi connectivity index (χ1v) is 7.17. The van der Waals surface area contributed by atoms with E-state index in [2.05, 4.69) is 5.32 Å². The van der Waals surface area contributed by atoms with Crippen molar-refractivity contribution < 1.29 is 14.7 Å². The van der Waals surface area contributed by atoms with Crippen LogP contribution in [0.3, 0.4) is 0 Å². The van der Waals surface area contributed by atoms with Gasteiger partial charge in [0.25, 0.3) is 0 Å². The fourth-order valence-corrected chi connectivity index (χ4v) is 3.27. The lowest BCUT2D eigenvalue weighted by Crippen LogP contribution is -2.33. The van der Waals surface area contributed by atoms with Gasteiger partial charge >= 0.3 is 5.97 Å². The molecule has 2 fully saturated rings. The van der Waals surface area contributed by atoms with Crippen LogP contribution in [0, 0.1) is 11.8 Å². The van der Waals surface area contributed by atoms with Gasteiger partial charge in [-0.05, 0) is 31.6 Å². The third kappa shape index (κ3) is 3.72. The summed E-state index contributed by atoms with van der Waals surface area (Å²) in [6, 6.07) is 0.0854. The number of rotatable bonds is 5. The van der Waals surface area contributed by atoms with Crippen LogP contribution in [-0.2, 0) is 9.59 Å². The molecule has 18 heavy (non-hydrogen) atoms. The molecular formula is C14H23NO3. The van der Waals surface area contributed by atoms with Crippen LogP contribution in [0.2, 0.25) is 0 Å². The van der Waals surface area contributed by atoms with E-state index in [-0.39, 0.29) is 17.9 Å². The Morgan fingerprint density at radius 1 is 1.11 bits per heavy atom. The molecular weight excluding hydrogens is 230 g/mol. The summed E-state index contributed by atoms with van der Waals surface area (Å²) in [6.45, 7) is 0. The van der Waals surface area contributed by atoms with Crippen LogP contribution in [0.15, 0.2) is 0 Å². The third-order valence-corrected chi connectivity index (χ3v) is 4.40. The molecule has 2 aliphatic rings. The maximum absolute atomic E-state index is 11.8. The van der Waals surface area contributed by atoms with Crippen molar-refractivity contribution in [3.05, 3.63) is 0 Å². The van der Waals surface area contributed by atoms with Gasteiger partial charge in [0.05, 0.1) is 5.92 Å². The zero-order chi connectivity index (χ0) is 13.0. The highest BCUT2D eigenvalue weighted by Gasteiger charge is 2.30. The van der Waals surface area contributed by atoms with Gasteiger partial charge in [-0.3, -0.25) is 9.59 Å². The molecule has 0 spiro atoms. The van der Waals surface area contributed by atoms with Gasteiger partial charge in [-0.2, -0.15) is 0 Å². The minimum Gasteiger partial charge on any atom is -0.481 e. The molecule has 2 aliphatic carbocycles. The van der Waals surface area contributed by atoms with Gasteiger partial charge < -0.3 is 10.4 Å². The quantitative estimate of drug-likeness (QED) is 0.790. The molecule has 2 rings (SSSR count). The van der Waals surface area contributed by atoms with Gasteiger partial charge in [0.2, 0.25) is 5.91 Å². The Kier molecular flexibility index (Phi) is 4.61. The fraction of sp³-hybridized carbons (Fsp3) is 0.857. The molecule has 0 unspecified atom stereocenters. The van der Waals surface area contributed by atoms with Crippen molar-refractivity contribution in [2.45, 2.75) is 63.8 Å². The van der Waals surface area contributed by atoms with Crippen LogP contribution < -0.4 is 5.32 Å². The number of aliphatic carboxylic acids is 1. The zero-order valence-electron chi connectivity index (χ0n) is 10.9. The number of carboxylic acid groups (broad SMARTS) is 1. The summed E-state index contributed by atoms with van der Waals surface area (Å²) in [5.74, 6) is -0.133. The van der Waals surface area contributed by atoms with E-state index in [1.54, 1.807) is 0 Å². The van der Waals surface area contributed by atoms with E-state index >= 15 is 0 Å².